The molecule has 52 valence electrons. The summed E-state index contributed by atoms with van der Waals surface area (Å²) in [6.07, 6.45) is 9.46. The predicted octanol–water partition coefficient (Wildman–Crippen LogP) is 1.73. The summed E-state index contributed by atoms with van der Waals surface area (Å²) in [5.74, 6) is 0. The average molecular weight is 125 g/mol. The Bertz CT molecular complexity index is 92.7. The molecule has 0 unspecified atom stereocenters. The van der Waals surface area contributed by atoms with Crippen molar-refractivity contribution in [2.24, 2.45) is 0 Å². The second kappa shape index (κ2) is 7.44. The van der Waals surface area contributed by atoms with E-state index in [4.69, 9.17) is 0 Å². The van der Waals surface area contributed by atoms with E-state index in [9.17, 15) is 0 Å². The van der Waals surface area contributed by atoms with Gasteiger partial charge in [0, 0.05) is 6.54 Å². The number of hydrogen-bond acceptors (Lipinski definition) is 1. The van der Waals surface area contributed by atoms with Crippen molar-refractivity contribution < 1.29 is 0 Å². The Kier molecular flexibility index (Phi) is 6.98. The number of allylic oxidation sites excluding steroid dienone is 3. The molecule has 0 amide bonds. The Morgan fingerprint density at radius 3 is 2.44 bits per heavy atom. The van der Waals surface area contributed by atoms with Crippen LogP contribution in [0, 0.1) is 0 Å². The molecule has 0 aromatic rings. The minimum atomic E-state index is 0.952. The normalized spacial score (nSPS) is 11.8. The Labute approximate surface area is 57.5 Å². The molecular weight excluding hydrogens is 110 g/mol. The van der Waals surface area contributed by atoms with E-state index in [2.05, 4.69) is 36.5 Å². The van der Waals surface area contributed by atoms with Crippen LogP contribution in [0.1, 0.15) is 13.3 Å². The van der Waals surface area contributed by atoms with Crippen LogP contribution in [-0.4, -0.2) is 13.6 Å². The Morgan fingerprint density at radius 2 is 1.89 bits per heavy atom. The largest absolute Gasteiger partial charge is 0.316 e. The summed E-state index contributed by atoms with van der Waals surface area (Å²) in [5.41, 5.74) is 0. The molecule has 0 saturated heterocycles. The molecule has 1 nitrogen and oxygen atoms in total. The van der Waals surface area contributed by atoms with E-state index in [1.165, 1.54) is 0 Å². The van der Waals surface area contributed by atoms with Crippen molar-refractivity contribution in [2.75, 3.05) is 13.6 Å². The van der Waals surface area contributed by atoms with E-state index < -0.39 is 0 Å². The molecule has 0 rings (SSSR count). The van der Waals surface area contributed by atoms with Crippen molar-refractivity contribution in [1.29, 1.82) is 0 Å². The summed E-state index contributed by atoms with van der Waals surface area (Å²) in [4.78, 5) is 0. The molecule has 1 N–H and O–H groups in total. The first kappa shape index (κ1) is 8.44. The summed E-state index contributed by atoms with van der Waals surface area (Å²) in [6.45, 7) is 3.08. The number of rotatable bonds is 4. The van der Waals surface area contributed by atoms with Crippen molar-refractivity contribution in [3.8, 4) is 0 Å². The monoisotopic (exact) mass is 125 g/mol. The van der Waals surface area contributed by atoms with Crippen LogP contribution < -0.4 is 5.32 Å². The van der Waals surface area contributed by atoms with Crippen molar-refractivity contribution in [3.05, 3.63) is 24.3 Å². The summed E-state index contributed by atoms with van der Waals surface area (Å²) < 4.78 is 0. The van der Waals surface area contributed by atoms with E-state index in [1.54, 1.807) is 0 Å². The van der Waals surface area contributed by atoms with Gasteiger partial charge in [-0.3, -0.25) is 0 Å². The lowest BCUT2D eigenvalue weighted by Gasteiger charge is -1.83. The van der Waals surface area contributed by atoms with Crippen LogP contribution in [0.4, 0.5) is 0 Å². The number of nitrogens with one attached hydrogen (secondary N) is 1. The van der Waals surface area contributed by atoms with Gasteiger partial charge in [0.15, 0.2) is 0 Å². The molecule has 1 heteroatoms. The fraction of sp³-hybridized carbons (Fsp3) is 0.500. The van der Waals surface area contributed by atoms with Crippen molar-refractivity contribution >= 4 is 0 Å². The Hall–Kier alpha value is -0.560. The summed E-state index contributed by atoms with van der Waals surface area (Å²) in [6, 6.07) is 0. The second-order valence-electron chi connectivity index (χ2n) is 1.82. The second-order valence-corrected chi connectivity index (χ2v) is 1.82. The van der Waals surface area contributed by atoms with Crippen LogP contribution in [0.3, 0.4) is 0 Å². The fourth-order valence-electron chi connectivity index (χ4n) is 0.479. The zero-order valence-corrected chi connectivity index (χ0v) is 6.22. The molecule has 0 aromatic carbocycles. The maximum atomic E-state index is 3.02. The standard InChI is InChI=1S/C8H15N/c1-3-4-5-6-7-8-9-2/h4-7,9H,3,8H2,1-2H3/b5-4-,7-6+. The first-order valence-electron chi connectivity index (χ1n) is 3.38. The molecule has 0 aliphatic rings. The van der Waals surface area contributed by atoms with Crippen molar-refractivity contribution in [1.82, 2.24) is 5.32 Å². The molecule has 0 aliphatic carbocycles. The highest BCUT2D eigenvalue weighted by atomic mass is 14.8. The third-order valence-electron chi connectivity index (χ3n) is 0.941. The molecule has 0 aliphatic heterocycles. The summed E-state index contributed by atoms with van der Waals surface area (Å²) in [5, 5.41) is 3.02. The SMILES string of the molecule is CC/C=C\C=C\CNC. The number of likely N-dealkylation sites (N-methyl/N-ethyl adjacent to an activating group) is 1. The fourth-order valence-corrected chi connectivity index (χ4v) is 0.479. The minimum Gasteiger partial charge on any atom is -0.316 e. The third-order valence-corrected chi connectivity index (χ3v) is 0.941. The van der Waals surface area contributed by atoms with Gasteiger partial charge in [0.25, 0.3) is 0 Å². The smallest absolute Gasteiger partial charge is 0.0134 e. The minimum absolute atomic E-state index is 0.952. The maximum absolute atomic E-state index is 3.02. The zero-order valence-electron chi connectivity index (χ0n) is 6.22. The maximum Gasteiger partial charge on any atom is 0.0134 e. The molecule has 0 heterocycles. The van der Waals surface area contributed by atoms with Crippen molar-refractivity contribution in [3.63, 3.8) is 0 Å². The average Bonchev–Trinajstić information content (AvgIpc) is 1.89. The van der Waals surface area contributed by atoms with Crippen LogP contribution in [0.15, 0.2) is 24.3 Å². The topological polar surface area (TPSA) is 12.0 Å². The molecular formula is C8H15N. The van der Waals surface area contributed by atoms with E-state index in [0.29, 0.717) is 0 Å². The van der Waals surface area contributed by atoms with Gasteiger partial charge in [-0.15, -0.1) is 0 Å². The third kappa shape index (κ3) is 7.44. The molecule has 0 radical (unpaired) electrons. The molecule has 0 saturated carbocycles. The van der Waals surface area contributed by atoms with Gasteiger partial charge in [0.1, 0.15) is 0 Å². The highest BCUT2D eigenvalue weighted by molar-refractivity contribution is 5.02. The molecule has 0 fully saturated rings. The van der Waals surface area contributed by atoms with Gasteiger partial charge < -0.3 is 5.32 Å². The van der Waals surface area contributed by atoms with Crippen LogP contribution in [0.25, 0.3) is 0 Å². The van der Waals surface area contributed by atoms with Crippen molar-refractivity contribution in [2.45, 2.75) is 13.3 Å². The quantitative estimate of drug-likeness (QED) is 0.564. The summed E-state index contributed by atoms with van der Waals surface area (Å²) >= 11 is 0. The molecule has 9 heavy (non-hydrogen) atoms. The highest BCUT2D eigenvalue weighted by Gasteiger charge is 1.65. The Balaban J connectivity index is 3.13. The Morgan fingerprint density at radius 1 is 1.22 bits per heavy atom. The van der Waals surface area contributed by atoms with Gasteiger partial charge >= 0.3 is 0 Å². The van der Waals surface area contributed by atoms with E-state index in [-0.39, 0.29) is 0 Å². The van der Waals surface area contributed by atoms with Gasteiger partial charge in [0.05, 0.1) is 0 Å². The van der Waals surface area contributed by atoms with Crippen LogP contribution >= 0.6 is 0 Å². The number of hydrogen-bond donors (Lipinski definition) is 1. The van der Waals surface area contributed by atoms with Crippen LogP contribution in [0.2, 0.25) is 0 Å². The molecule has 0 atom stereocenters. The zero-order chi connectivity index (χ0) is 6.95. The lowest BCUT2D eigenvalue weighted by atomic mass is 10.4. The molecule has 0 spiro atoms. The lowest BCUT2D eigenvalue weighted by molar-refractivity contribution is 0.919. The first-order chi connectivity index (χ1) is 4.41. The van der Waals surface area contributed by atoms with E-state index in [1.807, 2.05) is 7.05 Å². The molecule has 0 bridgehead atoms. The van der Waals surface area contributed by atoms with Gasteiger partial charge in [-0.05, 0) is 13.5 Å². The van der Waals surface area contributed by atoms with E-state index in [0.717, 1.165) is 13.0 Å². The van der Waals surface area contributed by atoms with Gasteiger partial charge in [-0.2, -0.15) is 0 Å². The van der Waals surface area contributed by atoms with Gasteiger partial charge in [-0.25, -0.2) is 0 Å². The highest BCUT2D eigenvalue weighted by Crippen LogP contribution is 1.80. The summed E-state index contributed by atoms with van der Waals surface area (Å²) in [7, 11) is 1.94. The van der Waals surface area contributed by atoms with Crippen LogP contribution in [-0.2, 0) is 0 Å². The molecule has 0 aromatic heterocycles. The van der Waals surface area contributed by atoms with Gasteiger partial charge in [-0.1, -0.05) is 31.2 Å². The van der Waals surface area contributed by atoms with Gasteiger partial charge in [0.2, 0.25) is 0 Å². The first-order valence-corrected chi connectivity index (χ1v) is 3.38. The van der Waals surface area contributed by atoms with Crippen LogP contribution in [0.5, 0.6) is 0 Å². The lowest BCUT2D eigenvalue weighted by Crippen LogP contribution is -2.03. The van der Waals surface area contributed by atoms with E-state index >= 15 is 0 Å². The predicted molar refractivity (Wildman–Crippen MR) is 42.5 cm³/mol.